The van der Waals surface area contributed by atoms with Crippen LogP contribution in [0.1, 0.15) is 49.3 Å². The van der Waals surface area contributed by atoms with Crippen LogP contribution in [0.3, 0.4) is 0 Å². The minimum absolute atomic E-state index is 0.164. The summed E-state index contributed by atoms with van der Waals surface area (Å²) in [6.45, 7) is 4.71. The van der Waals surface area contributed by atoms with Gasteiger partial charge in [-0.2, -0.15) is 0 Å². The van der Waals surface area contributed by atoms with Crippen LogP contribution < -0.4 is 0 Å². The molecule has 0 saturated carbocycles. The summed E-state index contributed by atoms with van der Waals surface area (Å²) in [5, 5.41) is 0. The summed E-state index contributed by atoms with van der Waals surface area (Å²) >= 11 is 0. The zero-order valence-electron chi connectivity index (χ0n) is 14.7. The third kappa shape index (κ3) is 3.59. The van der Waals surface area contributed by atoms with E-state index in [4.69, 9.17) is 0 Å². The first-order chi connectivity index (χ1) is 11.7. The topological polar surface area (TPSA) is 0 Å². The second kappa shape index (κ2) is 7.49. The number of rotatable bonds is 6. The zero-order valence-corrected chi connectivity index (χ0v) is 14.7. The highest BCUT2D eigenvalue weighted by Crippen LogP contribution is 2.40. The first-order valence-corrected chi connectivity index (χ1v) is 8.88. The lowest BCUT2D eigenvalue weighted by Crippen LogP contribution is -2.24. The molecule has 0 N–H and O–H groups in total. The van der Waals surface area contributed by atoms with Gasteiger partial charge >= 0.3 is 0 Å². The standard InChI is InChI=1S/C24H26/c1-3-24(2,22-17-11-6-12-18-22)19-23(20-13-7-4-8-14-20)21-15-9-5-10-16-21/h4-18,23H,3,19H2,1-2H3/t24-/m1/s1. The minimum Gasteiger partial charge on any atom is -0.0645 e. The van der Waals surface area contributed by atoms with Crippen molar-refractivity contribution >= 4 is 0 Å². The maximum absolute atomic E-state index is 2.40. The summed E-state index contributed by atoms with van der Waals surface area (Å²) in [5.41, 5.74) is 4.40. The van der Waals surface area contributed by atoms with E-state index < -0.39 is 0 Å². The van der Waals surface area contributed by atoms with Gasteiger partial charge in [-0.05, 0) is 34.9 Å². The van der Waals surface area contributed by atoms with Gasteiger partial charge < -0.3 is 0 Å². The van der Waals surface area contributed by atoms with Crippen molar-refractivity contribution in [2.75, 3.05) is 0 Å². The summed E-state index contributed by atoms with van der Waals surface area (Å²) in [6.07, 6.45) is 2.24. The fraction of sp³-hybridized carbons (Fsp3) is 0.250. The second-order valence-corrected chi connectivity index (χ2v) is 6.86. The van der Waals surface area contributed by atoms with E-state index in [1.807, 2.05) is 0 Å². The van der Waals surface area contributed by atoms with Crippen LogP contribution in [0.5, 0.6) is 0 Å². The highest BCUT2D eigenvalue weighted by molar-refractivity contribution is 5.35. The van der Waals surface area contributed by atoms with Crippen LogP contribution in [0.15, 0.2) is 91.0 Å². The molecule has 122 valence electrons. The van der Waals surface area contributed by atoms with Crippen molar-refractivity contribution in [2.45, 2.75) is 38.0 Å². The molecule has 0 aliphatic rings. The van der Waals surface area contributed by atoms with Gasteiger partial charge in [0.2, 0.25) is 0 Å². The van der Waals surface area contributed by atoms with Gasteiger partial charge in [0.15, 0.2) is 0 Å². The van der Waals surface area contributed by atoms with Crippen LogP contribution >= 0.6 is 0 Å². The monoisotopic (exact) mass is 314 g/mol. The summed E-state index contributed by atoms with van der Waals surface area (Å²) in [4.78, 5) is 0. The third-order valence-corrected chi connectivity index (χ3v) is 5.31. The maximum atomic E-state index is 2.40. The van der Waals surface area contributed by atoms with Crippen molar-refractivity contribution < 1.29 is 0 Å². The van der Waals surface area contributed by atoms with E-state index in [0.29, 0.717) is 5.92 Å². The molecule has 0 nitrogen and oxygen atoms in total. The molecule has 0 aliphatic carbocycles. The fourth-order valence-electron chi connectivity index (χ4n) is 3.56. The summed E-state index contributed by atoms with van der Waals surface area (Å²) in [7, 11) is 0. The van der Waals surface area contributed by atoms with E-state index in [1.54, 1.807) is 0 Å². The van der Waals surface area contributed by atoms with Crippen LogP contribution in [0.25, 0.3) is 0 Å². The van der Waals surface area contributed by atoms with Crippen LogP contribution in [0.2, 0.25) is 0 Å². The summed E-state index contributed by atoms with van der Waals surface area (Å²) in [6, 6.07) is 32.8. The zero-order chi connectivity index (χ0) is 16.8. The van der Waals surface area contributed by atoms with Crippen LogP contribution in [0.4, 0.5) is 0 Å². The van der Waals surface area contributed by atoms with E-state index >= 15 is 0 Å². The molecule has 0 radical (unpaired) electrons. The van der Waals surface area contributed by atoms with Gasteiger partial charge in [0.05, 0.1) is 0 Å². The Bertz CT molecular complexity index is 691. The highest BCUT2D eigenvalue weighted by atomic mass is 14.3. The van der Waals surface area contributed by atoms with E-state index in [0.717, 1.165) is 12.8 Å². The molecule has 0 aliphatic heterocycles. The lowest BCUT2D eigenvalue weighted by Gasteiger charge is -2.34. The van der Waals surface area contributed by atoms with Crippen LogP contribution in [-0.4, -0.2) is 0 Å². The summed E-state index contributed by atoms with van der Waals surface area (Å²) in [5.74, 6) is 0.414. The molecule has 0 heterocycles. The molecule has 3 aromatic carbocycles. The lowest BCUT2D eigenvalue weighted by atomic mass is 9.70. The average Bonchev–Trinajstić information content (AvgIpc) is 2.68. The fourth-order valence-corrected chi connectivity index (χ4v) is 3.56. The normalized spacial score (nSPS) is 13.6. The first-order valence-electron chi connectivity index (χ1n) is 8.88. The minimum atomic E-state index is 0.164. The van der Waals surface area contributed by atoms with Gasteiger partial charge in [0.25, 0.3) is 0 Å². The maximum Gasteiger partial charge on any atom is 0.00977 e. The molecule has 1 atom stereocenters. The molecule has 0 spiro atoms. The largest absolute Gasteiger partial charge is 0.0645 e. The van der Waals surface area contributed by atoms with Crippen molar-refractivity contribution in [1.29, 1.82) is 0 Å². The molecule has 0 unspecified atom stereocenters. The molecule has 0 amide bonds. The number of hydrogen-bond acceptors (Lipinski definition) is 0. The quantitative estimate of drug-likeness (QED) is 0.482. The molecule has 0 saturated heterocycles. The van der Waals surface area contributed by atoms with E-state index in [9.17, 15) is 0 Å². The molecule has 3 rings (SSSR count). The van der Waals surface area contributed by atoms with Crippen molar-refractivity contribution in [3.63, 3.8) is 0 Å². The smallest absolute Gasteiger partial charge is 0.00977 e. The van der Waals surface area contributed by atoms with Crippen molar-refractivity contribution in [2.24, 2.45) is 0 Å². The van der Waals surface area contributed by atoms with Gasteiger partial charge in [-0.3, -0.25) is 0 Å². The molecule has 0 bridgehead atoms. The molecule has 0 aromatic heterocycles. The molecular weight excluding hydrogens is 288 g/mol. The SMILES string of the molecule is CC[C@](C)(CC(c1ccccc1)c1ccccc1)c1ccccc1. The third-order valence-electron chi connectivity index (χ3n) is 5.31. The number of benzene rings is 3. The van der Waals surface area contributed by atoms with E-state index in [-0.39, 0.29) is 5.41 Å². The molecular formula is C24H26. The Kier molecular flexibility index (Phi) is 5.15. The average molecular weight is 314 g/mol. The van der Waals surface area contributed by atoms with Gasteiger partial charge in [0.1, 0.15) is 0 Å². The Morgan fingerprint density at radius 2 is 1.08 bits per heavy atom. The van der Waals surface area contributed by atoms with Gasteiger partial charge in [0, 0.05) is 5.92 Å². The van der Waals surface area contributed by atoms with Crippen LogP contribution in [-0.2, 0) is 5.41 Å². The Hall–Kier alpha value is -2.34. The number of hydrogen-bond donors (Lipinski definition) is 0. The molecule has 24 heavy (non-hydrogen) atoms. The predicted molar refractivity (Wildman–Crippen MR) is 103 cm³/mol. The Balaban J connectivity index is 2.00. The second-order valence-electron chi connectivity index (χ2n) is 6.86. The van der Waals surface area contributed by atoms with Gasteiger partial charge in [-0.25, -0.2) is 0 Å². The summed E-state index contributed by atoms with van der Waals surface area (Å²) < 4.78 is 0. The Labute approximate surface area is 146 Å². The lowest BCUT2D eigenvalue weighted by molar-refractivity contribution is 0.397. The Morgan fingerprint density at radius 3 is 1.50 bits per heavy atom. The molecule has 0 heteroatoms. The van der Waals surface area contributed by atoms with Crippen molar-refractivity contribution in [3.8, 4) is 0 Å². The van der Waals surface area contributed by atoms with Crippen molar-refractivity contribution in [3.05, 3.63) is 108 Å². The van der Waals surface area contributed by atoms with Gasteiger partial charge in [-0.15, -0.1) is 0 Å². The highest BCUT2D eigenvalue weighted by Gasteiger charge is 2.29. The predicted octanol–water partition coefficient (Wildman–Crippen LogP) is 6.58. The van der Waals surface area contributed by atoms with E-state index in [1.165, 1.54) is 16.7 Å². The van der Waals surface area contributed by atoms with Crippen molar-refractivity contribution in [1.82, 2.24) is 0 Å². The molecule has 0 fully saturated rings. The van der Waals surface area contributed by atoms with E-state index in [2.05, 4.69) is 105 Å². The first kappa shape index (κ1) is 16.5. The molecule has 3 aromatic rings. The van der Waals surface area contributed by atoms with Gasteiger partial charge in [-0.1, -0.05) is 105 Å². The van der Waals surface area contributed by atoms with Crippen LogP contribution in [0, 0.1) is 0 Å². The Morgan fingerprint density at radius 1 is 0.667 bits per heavy atom.